The number of rotatable bonds is 7. The number of carbonyl (C=O) groups is 2. The zero-order chi connectivity index (χ0) is 30.8. The van der Waals surface area contributed by atoms with Crippen LogP contribution in [0.3, 0.4) is 0 Å². The largest absolute Gasteiger partial charge is 0.493 e. The lowest BCUT2D eigenvalue weighted by Gasteiger charge is -2.39. The van der Waals surface area contributed by atoms with Crippen LogP contribution in [-0.2, 0) is 16.0 Å². The van der Waals surface area contributed by atoms with Gasteiger partial charge in [0.1, 0.15) is 0 Å². The third-order valence-electron chi connectivity index (χ3n) is 9.37. The number of Topliss-reactive ketones (excluding diaryl/α,β-unsaturated/α-hetero) is 1. The van der Waals surface area contributed by atoms with Gasteiger partial charge < -0.3 is 24.6 Å². The highest BCUT2D eigenvalue weighted by Gasteiger charge is 2.43. The highest BCUT2D eigenvalue weighted by Crippen LogP contribution is 2.50. The summed E-state index contributed by atoms with van der Waals surface area (Å²) in [5.74, 6) is 1.88. The van der Waals surface area contributed by atoms with Crippen molar-refractivity contribution in [1.82, 2.24) is 4.90 Å². The number of para-hydroxylation sites is 3. The first-order chi connectivity index (χ1) is 21.3. The second kappa shape index (κ2) is 12.4. The molecule has 3 aliphatic rings. The van der Waals surface area contributed by atoms with Crippen LogP contribution in [0.2, 0.25) is 0 Å². The van der Waals surface area contributed by atoms with Crippen LogP contribution in [0.1, 0.15) is 56.7 Å². The molecule has 1 amide bonds. The van der Waals surface area contributed by atoms with Crippen LogP contribution in [0.15, 0.2) is 84.1 Å². The van der Waals surface area contributed by atoms with Crippen LogP contribution in [-0.4, -0.2) is 50.4 Å². The van der Waals surface area contributed by atoms with Gasteiger partial charge in [-0.05, 0) is 60.8 Å². The molecule has 1 unspecified atom stereocenters. The zero-order valence-electron chi connectivity index (χ0n) is 26.3. The molecule has 1 N–H and O–H groups in total. The Balaban J connectivity index is 1.37. The van der Waals surface area contributed by atoms with Crippen LogP contribution < -0.4 is 19.7 Å². The number of piperidine rings is 1. The number of nitrogens with zero attached hydrogens (tertiary/aromatic N) is 2. The number of carbonyl (C=O) groups excluding carboxylic acids is 2. The van der Waals surface area contributed by atoms with E-state index in [4.69, 9.17) is 9.47 Å². The van der Waals surface area contributed by atoms with E-state index in [1.54, 1.807) is 14.2 Å². The van der Waals surface area contributed by atoms with E-state index < -0.39 is 6.04 Å². The molecule has 0 saturated carbocycles. The van der Waals surface area contributed by atoms with Crippen molar-refractivity contribution in [2.24, 2.45) is 11.3 Å². The Bertz CT molecular complexity index is 1560. The van der Waals surface area contributed by atoms with Crippen molar-refractivity contribution in [2.75, 3.05) is 44.1 Å². The quantitative estimate of drug-likeness (QED) is 0.325. The predicted molar refractivity (Wildman–Crippen MR) is 174 cm³/mol. The Kier molecular flexibility index (Phi) is 8.39. The van der Waals surface area contributed by atoms with E-state index in [-0.39, 0.29) is 23.7 Å². The number of ketones is 1. The molecule has 0 aromatic heterocycles. The molecule has 7 heteroatoms. The van der Waals surface area contributed by atoms with E-state index in [1.807, 2.05) is 47.4 Å². The average Bonchev–Trinajstić information content (AvgIpc) is 3.15. The van der Waals surface area contributed by atoms with Crippen molar-refractivity contribution in [2.45, 2.75) is 52.0 Å². The van der Waals surface area contributed by atoms with Gasteiger partial charge >= 0.3 is 0 Å². The lowest BCUT2D eigenvalue weighted by molar-refractivity contribution is -0.131. The molecular weight excluding hydrogens is 550 g/mol. The number of allylic oxidation sites excluding steroid dienone is 1. The summed E-state index contributed by atoms with van der Waals surface area (Å²) in [6.07, 6.45) is 4.16. The monoisotopic (exact) mass is 593 g/mol. The normalized spacial score (nSPS) is 19.9. The Hall–Kier alpha value is -4.26. The Morgan fingerprint density at radius 3 is 2.36 bits per heavy atom. The standard InChI is InChI=1S/C37H43N3O4/c1-37(2)22-29-34(31(41)23-37)35(27-13-10-16-32(43-3)36(27)44-4)40(30-15-9-8-14-28(30)38-29)24-33(42)39-19-17-26(18-20-39)21-25-11-6-5-7-12-25/h5-16,26,35,38H,17-24H2,1-4H3. The zero-order valence-corrected chi connectivity index (χ0v) is 26.3. The Labute approximate surface area is 260 Å². The van der Waals surface area contributed by atoms with Gasteiger partial charge in [0.05, 0.1) is 38.2 Å². The summed E-state index contributed by atoms with van der Waals surface area (Å²) in [6.45, 7) is 5.88. The van der Waals surface area contributed by atoms with E-state index in [0.717, 1.165) is 61.4 Å². The summed E-state index contributed by atoms with van der Waals surface area (Å²) in [4.78, 5) is 32.4. The summed E-state index contributed by atoms with van der Waals surface area (Å²) >= 11 is 0. The number of benzene rings is 3. The number of ether oxygens (including phenoxy) is 2. The minimum Gasteiger partial charge on any atom is -0.493 e. The number of fused-ring (bicyclic) bond motifs is 1. The van der Waals surface area contributed by atoms with E-state index in [0.29, 0.717) is 29.4 Å². The average molecular weight is 594 g/mol. The summed E-state index contributed by atoms with van der Waals surface area (Å²) < 4.78 is 11.6. The molecule has 2 heterocycles. The maximum absolute atomic E-state index is 14.2. The van der Waals surface area contributed by atoms with Crippen molar-refractivity contribution in [3.05, 3.63) is 95.2 Å². The molecule has 0 bridgehead atoms. The molecule has 0 spiro atoms. The van der Waals surface area contributed by atoms with Gasteiger partial charge in [-0.25, -0.2) is 0 Å². The minimum absolute atomic E-state index is 0.0671. The summed E-state index contributed by atoms with van der Waals surface area (Å²) in [7, 11) is 3.24. The molecule has 2 aliphatic heterocycles. The number of hydrogen-bond donors (Lipinski definition) is 1. The number of anilines is 2. The number of likely N-dealkylation sites (tertiary alicyclic amines) is 1. The lowest BCUT2D eigenvalue weighted by atomic mass is 9.73. The number of methoxy groups -OCH3 is 2. The Morgan fingerprint density at radius 2 is 1.64 bits per heavy atom. The van der Waals surface area contributed by atoms with Crippen molar-refractivity contribution >= 4 is 23.1 Å². The first kappa shape index (κ1) is 29.8. The highest BCUT2D eigenvalue weighted by molar-refractivity contribution is 6.02. The molecule has 1 saturated heterocycles. The summed E-state index contributed by atoms with van der Waals surface area (Å²) in [6, 6.07) is 23.9. The van der Waals surface area contributed by atoms with Crippen molar-refractivity contribution < 1.29 is 19.1 Å². The molecule has 1 aliphatic carbocycles. The molecule has 44 heavy (non-hydrogen) atoms. The van der Waals surface area contributed by atoms with Gasteiger partial charge in [-0.2, -0.15) is 0 Å². The van der Waals surface area contributed by atoms with Crippen molar-refractivity contribution in [3.8, 4) is 11.5 Å². The number of hydrogen-bond acceptors (Lipinski definition) is 6. The van der Waals surface area contributed by atoms with Crippen LogP contribution in [0.5, 0.6) is 11.5 Å². The second-order valence-corrected chi connectivity index (χ2v) is 13.1. The van der Waals surface area contributed by atoms with Gasteiger partial charge in [-0.15, -0.1) is 0 Å². The molecule has 0 radical (unpaired) electrons. The smallest absolute Gasteiger partial charge is 0.242 e. The number of nitrogens with one attached hydrogen (secondary N) is 1. The Morgan fingerprint density at radius 1 is 0.909 bits per heavy atom. The fourth-order valence-corrected chi connectivity index (χ4v) is 7.26. The van der Waals surface area contributed by atoms with Gasteiger partial charge in [0.25, 0.3) is 0 Å². The van der Waals surface area contributed by atoms with Gasteiger partial charge in [-0.3, -0.25) is 9.59 Å². The van der Waals surface area contributed by atoms with Crippen LogP contribution in [0, 0.1) is 11.3 Å². The van der Waals surface area contributed by atoms with Gasteiger partial charge in [0, 0.05) is 36.3 Å². The third-order valence-corrected chi connectivity index (χ3v) is 9.37. The molecule has 6 rings (SSSR count). The minimum atomic E-state index is -0.533. The summed E-state index contributed by atoms with van der Waals surface area (Å²) in [5, 5.41) is 3.65. The highest BCUT2D eigenvalue weighted by atomic mass is 16.5. The molecule has 230 valence electrons. The fraction of sp³-hybridized carbons (Fsp3) is 0.405. The van der Waals surface area contributed by atoms with Gasteiger partial charge in [0.2, 0.25) is 5.91 Å². The van der Waals surface area contributed by atoms with Gasteiger partial charge in [0.15, 0.2) is 17.3 Å². The van der Waals surface area contributed by atoms with E-state index in [2.05, 4.69) is 54.4 Å². The molecule has 1 atom stereocenters. The van der Waals surface area contributed by atoms with Crippen LogP contribution in [0.4, 0.5) is 11.4 Å². The SMILES string of the molecule is COc1cccc(C2C3=C(CC(C)(C)CC3=O)Nc3ccccc3N2CC(=O)N2CCC(Cc3ccccc3)CC2)c1OC. The first-order valence-electron chi connectivity index (χ1n) is 15.7. The lowest BCUT2D eigenvalue weighted by Crippen LogP contribution is -2.46. The molecular formula is C37H43N3O4. The second-order valence-electron chi connectivity index (χ2n) is 13.1. The molecule has 7 nitrogen and oxygen atoms in total. The van der Waals surface area contributed by atoms with Crippen molar-refractivity contribution in [3.63, 3.8) is 0 Å². The van der Waals surface area contributed by atoms with Gasteiger partial charge in [-0.1, -0.05) is 68.4 Å². The van der Waals surface area contributed by atoms with Crippen molar-refractivity contribution in [1.29, 1.82) is 0 Å². The number of amides is 1. The van der Waals surface area contributed by atoms with E-state index in [9.17, 15) is 9.59 Å². The molecule has 1 fully saturated rings. The van der Waals surface area contributed by atoms with E-state index in [1.165, 1.54) is 5.56 Å². The predicted octanol–water partition coefficient (Wildman–Crippen LogP) is 6.80. The third kappa shape index (κ3) is 5.92. The van der Waals surface area contributed by atoms with E-state index >= 15 is 0 Å². The fourth-order valence-electron chi connectivity index (χ4n) is 7.26. The maximum Gasteiger partial charge on any atom is 0.242 e. The first-order valence-corrected chi connectivity index (χ1v) is 15.7. The topological polar surface area (TPSA) is 71.1 Å². The summed E-state index contributed by atoms with van der Waals surface area (Å²) in [5.41, 5.74) is 5.35. The maximum atomic E-state index is 14.2. The molecule has 3 aromatic rings. The molecule has 3 aromatic carbocycles. The van der Waals surface area contributed by atoms with Crippen LogP contribution >= 0.6 is 0 Å². The van der Waals surface area contributed by atoms with Crippen LogP contribution in [0.25, 0.3) is 0 Å².